The smallest absolute Gasteiger partial charge is 0.128 e. The van der Waals surface area contributed by atoms with Crippen LogP contribution in [-0.4, -0.2) is 12.1 Å². The highest BCUT2D eigenvalue weighted by molar-refractivity contribution is 6.10. The van der Waals surface area contributed by atoms with E-state index < -0.39 is 0 Å². The molecule has 0 aliphatic rings. The molecule has 3 nitrogen and oxygen atoms in total. The zero-order chi connectivity index (χ0) is 15.8. The summed E-state index contributed by atoms with van der Waals surface area (Å²) in [6, 6.07) is 22.1. The molecule has 1 heterocycles. The second kappa shape index (κ2) is 5.29. The number of para-hydroxylation sites is 2. The van der Waals surface area contributed by atoms with Gasteiger partial charge in [-0.15, -0.1) is 0 Å². The largest absolute Gasteiger partial charge is 0.496 e. The van der Waals surface area contributed by atoms with E-state index in [1.165, 1.54) is 0 Å². The zero-order valence-corrected chi connectivity index (χ0v) is 12.8. The van der Waals surface area contributed by atoms with Crippen LogP contribution < -0.4 is 10.5 Å². The summed E-state index contributed by atoms with van der Waals surface area (Å²) < 4.78 is 5.58. The molecule has 3 aromatic carbocycles. The van der Waals surface area contributed by atoms with Crippen LogP contribution in [0.15, 0.2) is 66.7 Å². The van der Waals surface area contributed by atoms with Gasteiger partial charge in [-0.3, -0.25) is 0 Å². The number of fused-ring (bicyclic) bond motifs is 2. The molecule has 0 unspecified atom stereocenters. The third-order valence-corrected chi connectivity index (χ3v) is 4.08. The van der Waals surface area contributed by atoms with Crippen molar-refractivity contribution in [3.63, 3.8) is 0 Å². The lowest BCUT2D eigenvalue weighted by atomic mass is 9.95. The molecule has 4 aromatic rings. The topological polar surface area (TPSA) is 48.1 Å². The van der Waals surface area contributed by atoms with Crippen molar-refractivity contribution in [3.8, 4) is 16.9 Å². The summed E-state index contributed by atoms with van der Waals surface area (Å²) in [4.78, 5) is 4.77. The van der Waals surface area contributed by atoms with Crippen molar-refractivity contribution < 1.29 is 4.74 Å². The van der Waals surface area contributed by atoms with Gasteiger partial charge in [0.1, 0.15) is 5.75 Å². The molecule has 2 N–H and O–H groups in total. The second-order valence-corrected chi connectivity index (χ2v) is 5.48. The van der Waals surface area contributed by atoms with Gasteiger partial charge in [-0.2, -0.15) is 0 Å². The van der Waals surface area contributed by atoms with E-state index in [1.54, 1.807) is 7.11 Å². The van der Waals surface area contributed by atoms with Crippen molar-refractivity contribution in [2.45, 2.75) is 0 Å². The number of aromatic nitrogens is 1. The lowest BCUT2D eigenvalue weighted by Crippen LogP contribution is -1.94. The van der Waals surface area contributed by atoms with E-state index in [0.717, 1.165) is 38.7 Å². The monoisotopic (exact) mass is 300 g/mol. The first-order chi connectivity index (χ1) is 11.3. The van der Waals surface area contributed by atoms with Gasteiger partial charge < -0.3 is 10.5 Å². The molecule has 0 bridgehead atoms. The quantitative estimate of drug-likeness (QED) is 0.433. The predicted molar refractivity (Wildman–Crippen MR) is 95.6 cm³/mol. The first-order valence-electron chi connectivity index (χ1n) is 7.49. The molecule has 0 radical (unpaired) electrons. The van der Waals surface area contributed by atoms with Crippen molar-refractivity contribution in [3.05, 3.63) is 66.7 Å². The fraction of sp³-hybridized carbons (Fsp3) is 0.0500. The summed E-state index contributed by atoms with van der Waals surface area (Å²) in [6.07, 6.45) is 0. The number of hydrogen-bond acceptors (Lipinski definition) is 3. The standard InChI is InChI=1S/C20H16N2O/c1-23-19-12-13(21)10-11-16(19)20-14-6-2-4-8-17(14)22-18-9-5-3-7-15(18)20/h2-12H,21H2,1H3. The summed E-state index contributed by atoms with van der Waals surface area (Å²) in [5.41, 5.74) is 10.7. The highest BCUT2D eigenvalue weighted by Crippen LogP contribution is 2.40. The molecule has 0 saturated carbocycles. The summed E-state index contributed by atoms with van der Waals surface area (Å²) in [5.74, 6) is 0.770. The van der Waals surface area contributed by atoms with E-state index in [-0.39, 0.29) is 0 Å². The van der Waals surface area contributed by atoms with Crippen molar-refractivity contribution in [1.29, 1.82) is 0 Å². The number of rotatable bonds is 2. The van der Waals surface area contributed by atoms with Crippen molar-refractivity contribution in [2.24, 2.45) is 0 Å². The maximum Gasteiger partial charge on any atom is 0.128 e. The third kappa shape index (κ3) is 2.18. The molecule has 0 spiro atoms. The Hall–Kier alpha value is -3.07. The van der Waals surface area contributed by atoms with Crippen LogP contribution in [0.25, 0.3) is 32.9 Å². The van der Waals surface area contributed by atoms with Crippen LogP contribution in [0.3, 0.4) is 0 Å². The number of nitrogens with zero attached hydrogens (tertiary/aromatic N) is 1. The van der Waals surface area contributed by atoms with Gasteiger partial charge in [-0.1, -0.05) is 36.4 Å². The number of hydrogen-bond donors (Lipinski definition) is 1. The number of methoxy groups -OCH3 is 1. The molecule has 0 aliphatic carbocycles. The number of ether oxygens (including phenoxy) is 1. The van der Waals surface area contributed by atoms with E-state index in [2.05, 4.69) is 12.1 Å². The maximum atomic E-state index is 5.91. The SMILES string of the molecule is COc1cc(N)ccc1-c1c2ccccc2nc2ccccc12. The second-order valence-electron chi connectivity index (χ2n) is 5.48. The Morgan fingerprint density at radius 2 is 1.43 bits per heavy atom. The predicted octanol–water partition coefficient (Wildman–Crippen LogP) is 4.65. The van der Waals surface area contributed by atoms with E-state index in [9.17, 15) is 0 Å². The lowest BCUT2D eigenvalue weighted by Gasteiger charge is -2.14. The summed E-state index contributed by atoms with van der Waals surface area (Å²) in [6.45, 7) is 0. The Kier molecular flexibility index (Phi) is 3.12. The van der Waals surface area contributed by atoms with E-state index >= 15 is 0 Å². The molecule has 0 fully saturated rings. The normalized spacial score (nSPS) is 11.0. The first kappa shape index (κ1) is 13.6. The van der Waals surface area contributed by atoms with Crippen LogP contribution in [-0.2, 0) is 0 Å². The molecule has 0 aliphatic heterocycles. The highest BCUT2D eigenvalue weighted by atomic mass is 16.5. The Labute approximate surface area is 134 Å². The van der Waals surface area contributed by atoms with E-state index in [0.29, 0.717) is 5.69 Å². The van der Waals surface area contributed by atoms with Crippen LogP contribution in [0.5, 0.6) is 5.75 Å². The lowest BCUT2D eigenvalue weighted by molar-refractivity contribution is 0.417. The number of benzene rings is 3. The minimum atomic E-state index is 0.688. The fourth-order valence-corrected chi connectivity index (χ4v) is 3.04. The molecule has 112 valence electrons. The Balaban J connectivity index is 2.20. The fourth-order valence-electron chi connectivity index (χ4n) is 3.04. The van der Waals surface area contributed by atoms with Gasteiger partial charge in [0.15, 0.2) is 0 Å². The maximum absolute atomic E-state index is 5.91. The van der Waals surface area contributed by atoms with Gasteiger partial charge >= 0.3 is 0 Å². The highest BCUT2D eigenvalue weighted by Gasteiger charge is 2.14. The van der Waals surface area contributed by atoms with Gasteiger partial charge in [-0.05, 0) is 24.3 Å². The summed E-state index contributed by atoms with van der Waals surface area (Å²) in [7, 11) is 1.67. The van der Waals surface area contributed by atoms with Crippen LogP contribution in [0.2, 0.25) is 0 Å². The average molecular weight is 300 g/mol. The summed E-state index contributed by atoms with van der Waals surface area (Å²) >= 11 is 0. The number of nitrogens with two attached hydrogens (primary N) is 1. The Morgan fingerprint density at radius 3 is 2.04 bits per heavy atom. The average Bonchev–Trinajstić information content (AvgIpc) is 2.60. The number of anilines is 1. The van der Waals surface area contributed by atoms with Crippen molar-refractivity contribution >= 4 is 27.5 Å². The van der Waals surface area contributed by atoms with Crippen LogP contribution >= 0.6 is 0 Å². The molecule has 23 heavy (non-hydrogen) atoms. The van der Waals surface area contributed by atoms with Crippen molar-refractivity contribution in [1.82, 2.24) is 4.98 Å². The Morgan fingerprint density at radius 1 is 0.826 bits per heavy atom. The minimum Gasteiger partial charge on any atom is -0.496 e. The van der Waals surface area contributed by atoms with E-state index in [1.807, 2.05) is 54.6 Å². The Bertz CT molecular complexity index is 970. The van der Waals surface area contributed by atoms with Crippen molar-refractivity contribution in [2.75, 3.05) is 12.8 Å². The molecule has 4 rings (SSSR count). The van der Waals surface area contributed by atoms with E-state index in [4.69, 9.17) is 15.5 Å². The minimum absolute atomic E-state index is 0.688. The third-order valence-electron chi connectivity index (χ3n) is 4.08. The molecule has 0 saturated heterocycles. The molecular weight excluding hydrogens is 284 g/mol. The zero-order valence-electron chi connectivity index (χ0n) is 12.8. The van der Waals surface area contributed by atoms with Gasteiger partial charge in [0.2, 0.25) is 0 Å². The van der Waals surface area contributed by atoms with Crippen LogP contribution in [0.1, 0.15) is 0 Å². The number of pyridine rings is 1. The molecule has 1 aromatic heterocycles. The van der Waals surface area contributed by atoms with Gasteiger partial charge in [0.25, 0.3) is 0 Å². The molecule has 0 amide bonds. The van der Waals surface area contributed by atoms with Gasteiger partial charge in [-0.25, -0.2) is 4.98 Å². The van der Waals surface area contributed by atoms with Crippen LogP contribution in [0.4, 0.5) is 5.69 Å². The molecular formula is C20H16N2O. The first-order valence-corrected chi connectivity index (χ1v) is 7.49. The summed E-state index contributed by atoms with van der Waals surface area (Å²) in [5, 5.41) is 2.21. The van der Waals surface area contributed by atoms with Crippen LogP contribution in [0, 0.1) is 0 Å². The van der Waals surface area contributed by atoms with Gasteiger partial charge in [0.05, 0.1) is 18.1 Å². The molecule has 3 heteroatoms. The number of nitrogen functional groups attached to an aromatic ring is 1. The molecule has 0 atom stereocenters. The van der Waals surface area contributed by atoms with Gasteiger partial charge in [0, 0.05) is 33.7 Å².